The maximum Gasteiger partial charge on any atom is 0.393 e. The quantitative estimate of drug-likeness (QED) is 0.933. The van der Waals surface area contributed by atoms with E-state index in [0.717, 1.165) is 0 Å². The molecule has 1 atom stereocenters. The lowest BCUT2D eigenvalue weighted by Crippen LogP contribution is -2.42. The number of halogens is 3. The van der Waals surface area contributed by atoms with Gasteiger partial charge in [0.05, 0.1) is 23.5 Å². The molecule has 1 saturated heterocycles. The van der Waals surface area contributed by atoms with Crippen LogP contribution in [0, 0.1) is 5.92 Å². The normalized spacial score (nSPS) is 20.1. The molecular formula is C14H21F3N4. The van der Waals surface area contributed by atoms with Gasteiger partial charge in [-0.15, -0.1) is 0 Å². The van der Waals surface area contributed by atoms with Crippen molar-refractivity contribution < 1.29 is 13.2 Å². The molecule has 1 aliphatic heterocycles. The van der Waals surface area contributed by atoms with Gasteiger partial charge in [0.2, 0.25) is 0 Å². The van der Waals surface area contributed by atoms with Crippen LogP contribution in [0.2, 0.25) is 0 Å². The van der Waals surface area contributed by atoms with Crippen LogP contribution >= 0.6 is 0 Å². The summed E-state index contributed by atoms with van der Waals surface area (Å²) in [6, 6.07) is 0. The summed E-state index contributed by atoms with van der Waals surface area (Å²) >= 11 is 0. The second-order valence-corrected chi connectivity index (χ2v) is 5.75. The minimum atomic E-state index is -4.15. The number of hydrogen-bond acceptors (Lipinski definition) is 4. The lowest BCUT2D eigenvalue weighted by atomic mass is 9.97. The predicted molar refractivity (Wildman–Crippen MR) is 75.0 cm³/mol. The number of anilines is 1. The fourth-order valence-electron chi connectivity index (χ4n) is 2.58. The van der Waals surface area contributed by atoms with E-state index in [1.807, 2.05) is 13.8 Å². The van der Waals surface area contributed by atoms with Crippen molar-refractivity contribution in [3.05, 3.63) is 17.7 Å². The van der Waals surface area contributed by atoms with Crippen molar-refractivity contribution in [3.8, 4) is 0 Å². The molecule has 1 aromatic rings. The van der Waals surface area contributed by atoms with Crippen LogP contribution in [0.4, 0.5) is 18.9 Å². The molecule has 0 bridgehead atoms. The number of hydrogen-bond donors (Lipinski definition) is 1. The van der Waals surface area contributed by atoms with Crippen LogP contribution in [0.15, 0.2) is 6.20 Å². The molecule has 1 aromatic heterocycles. The molecule has 21 heavy (non-hydrogen) atoms. The lowest BCUT2D eigenvalue weighted by molar-refractivity contribution is -0.176. The molecule has 0 radical (unpaired) electrons. The second-order valence-electron chi connectivity index (χ2n) is 5.75. The summed E-state index contributed by atoms with van der Waals surface area (Å²) in [5, 5.41) is 0. The highest BCUT2D eigenvalue weighted by Crippen LogP contribution is 2.35. The van der Waals surface area contributed by atoms with E-state index in [4.69, 9.17) is 5.73 Å². The topological polar surface area (TPSA) is 55.0 Å². The molecule has 4 nitrogen and oxygen atoms in total. The first-order chi connectivity index (χ1) is 9.82. The maximum absolute atomic E-state index is 12.9. The number of nitrogens with zero attached hydrogens (tertiary/aromatic N) is 3. The van der Waals surface area contributed by atoms with Gasteiger partial charge in [-0.2, -0.15) is 13.2 Å². The third kappa shape index (κ3) is 3.64. The Morgan fingerprint density at radius 1 is 1.43 bits per heavy atom. The van der Waals surface area contributed by atoms with Gasteiger partial charge in [0.25, 0.3) is 0 Å². The van der Waals surface area contributed by atoms with Crippen molar-refractivity contribution in [2.45, 2.75) is 45.3 Å². The number of nitrogens with two attached hydrogens (primary N) is 1. The Bertz CT molecular complexity index is 488. The average Bonchev–Trinajstić information content (AvgIpc) is 2.45. The van der Waals surface area contributed by atoms with Crippen LogP contribution in [0.5, 0.6) is 0 Å². The van der Waals surface area contributed by atoms with E-state index >= 15 is 0 Å². The van der Waals surface area contributed by atoms with Crippen LogP contribution in [-0.4, -0.2) is 29.2 Å². The van der Waals surface area contributed by atoms with Crippen LogP contribution in [-0.2, 0) is 6.54 Å². The average molecular weight is 302 g/mol. The standard InChI is InChI=1S/C14H21F3N4/c1-9(2)13-19-7-12(11(6-18)20-13)21-5-3-4-10(8-21)14(15,16)17/h7,9-10H,3-6,8,18H2,1-2H3. The molecule has 2 heterocycles. The molecule has 1 unspecified atom stereocenters. The summed E-state index contributed by atoms with van der Waals surface area (Å²) in [5.74, 6) is -0.459. The number of aromatic nitrogens is 2. The summed E-state index contributed by atoms with van der Waals surface area (Å²) in [7, 11) is 0. The molecule has 118 valence electrons. The first-order valence-corrected chi connectivity index (χ1v) is 7.20. The molecule has 7 heteroatoms. The van der Waals surface area contributed by atoms with Crippen LogP contribution in [0.3, 0.4) is 0 Å². The predicted octanol–water partition coefficient (Wildman–Crippen LogP) is 2.84. The van der Waals surface area contributed by atoms with Crippen molar-refractivity contribution in [2.24, 2.45) is 11.7 Å². The Balaban J connectivity index is 2.24. The number of piperidine rings is 1. The maximum atomic E-state index is 12.9. The number of rotatable bonds is 3. The summed E-state index contributed by atoms with van der Waals surface area (Å²) in [5.41, 5.74) is 6.96. The Morgan fingerprint density at radius 2 is 2.14 bits per heavy atom. The first kappa shape index (κ1) is 16.0. The molecule has 0 aliphatic carbocycles. The summed E-state index contributed by atoms with van der Waals surface area (Å²) in [6.45, 7) is 4.68. The van der Waals surface area contributed by atoms with E-state index in [9.17, 15) is 13.2 Å². The third-order valence-corrected chi connectivity index (χ3v) is 3.80. The van der Waals surface area contributed by atoms with E-state index in [1.165, 1.54) is 0 Å². The van der Waals surface area contributed by atoms with Gasteiger partial charge in [-0.25, -0.2) is 9.97 Å². The molecular weight excluding hydrogens is 281 g/mol. The van der Waals surface area contributed by atoms with Gasteiger partial charge in [0.1, 0.15) is 5.82 Å². The van der Waals surface area contributed by atoms with E-state index in [0.29, 0.717) is 30.2 Å². The molecule has 2 N–H and O–H groups in total. The summed E-state index contributed by atoms with van der Waals surface area (Å²) in [4.78, 5) is 10.4. The highest BCUT2D eigenvalue weighted by Gasteiger charge is 2.42. The Hall–Kier alpha value is -1.37. The smallest absolute Gasteiger partial charge is 0.368 e. The molecule has 0 spiro atoms. The van der Waals surface area contributed by atoms with Gasteiger partial charge < -0.3 is 10.6 Å². The fraction of sp³-hybridized carbons (Fsp3) is 0.714. The number of alkyl halides is 3. The fourth-order valence-corrected chi connectivity index (χ4v) is 2.58. The van der Waals surface area contributed by atoms with Crippen molar-refractivity contribution >= 4 is 5.69 Å². The Kier molecular flexibility index (Phi) is 4.70. The van der Waals surface area contributed by atoms with Gasteiger partial charge in [0, 0.05) is 25.6 Å². The van der Waals surface area contributed by atoms with Crippen molar-refractivity contribution in [2.75, 3.05) is 18.0 Å². The summed E-state index contributed by atoms with van der Waals surface area (Å²) < 4.78 is 38.7. The zero-order chi connectivity index (χ0) is 15.6. The molecule has 0 saturated carbocycles. The minimum Gasteiger partial charge on any atom is -0.368 e. The van der Waals surface area contributed by atoms with E-state index in [-0.39, 0.29) is 25.4 Å². The largest absolute Gasteiger partial charge is 0.393 e. The monoisotopic (exact) mass is 302 g/mol. The highest BCUT2D eigenvalue weighted by molar-refractivity contribution is 5.49. The van der Waals surface area contributed by atoms with Crippen molar-refractivity contribution in [3.63, 3.8) is 0 Å². The van der Waals surface area contributed by atoms with Gasteiger partial charge in [-0.05, 0) is 12.8 Å². The van der Waals surface area contributed by atoms with E-state index in [2.05, 4.69) is 9.97 Å². The minimum absolute atomic E-state index is 0.0408. The van der Waals surface area contributed by atoms with Crippen molar-refractivity contribution in [1.82, 2.24) is 9.97 Å². The van der Waals surface area contributed by atoms with Crippen LogP contribution in [0.25, 0.3) is 0 Å². The van der Waals surface area contributed by atoms with E-state index in [1.54, 1.807) is 11.1 Å². The lowest BCUT2D eigenvalue weighted by Gasteiger charge is -2.35. The van der Waals surface area contributed by atoms with E-state index < -0.39 is 12.1 Å². The molecule has 2 rings (SSSR count). The zero-order valence-corrected chi connectivity index (χ0v) is 12.3. The van der Waals surface area contributed by atoms with Crippen LogP contribution in [0.1, 0.15) is 44.1 Å². The van der Waals surface area contributed by atoms with Crippen LogP contribution < -0.4 is 10.6 Å². The van der Waals surface area contributed by atoms with Crippen molar-refractivity contribution in [1.29, 1.82) is 0 Å². The SMILES string of the molecule is CC(C)c1ncc(N2CCCC(C(F)(F)F)C2)c(CN)n1. The molecule has 0 amide bonds. The first-order valence-electron chi connectivity index (χ1n) is 7.20. The third-order valence-electron chi connectivity index (χ3n) is 3.80. The van der Waals surface area contributed by atoms with Gasteiger partial charge in [0.15, 0.2) is 0 Å². The molecule has 0 aromatic carbocycles. The van der Waals surface area contributed by atoms with Gasteiger partial charge in [-0.1, -0.05) is 13.8 Å². The Labute approximate surface area is 122 Å². The highest BCUT2D eigenvalue weighted by atomic mass is 19.4. The molecule has 1 aliphatic rings. The molecule has 1 fully saturated rings. The van der Waals surface area contributed by atoms with Gasteiger partial charge in [-0.3, -0.25) is 0 Å². The van der Waals surface area contributed by atoms with Gasteiger partial charge >= 0.3 is 6.18 Å². The zero-order valence-electron chi connectivity index (χ0n) is 12.3. The summed E-state index contributed by atoms with van der Waals surface area (Å²) in [6.07, 6.45) is -1.84. The Morgan fingerprint density at radius 3 is 2.71 bits per heavy atom. The second kappa shape index (κ2) is 6.17.